The lowest BCUT2D eigenvalue weighted by Gasteiger charge is -2.28. The van der Waals surface area contributed by atoms with Crippen LogP contribution in [0.2, 0.25) is 0 Å². The van der Waals surface area contributed by atoms with Gasteiger partial charge in [-0.1, -0.05) is 95.1 Å². The lowest BCUT2D eigenvalue weighted by atomic mass is 10.1. The molecule has 1 unspecified atom stereocenters. The maximum absolute atomic E-state index is 2.51. The van der Waals surface area contributed by atoms with E-state index in [9.17, 15) is 0 Å². The summed E-state index contributed by atoms with van der Waals surface area (Å²) in [6.07, 6.45) is 18.9. The third-order valence-electron chi connectivity index (χ3n) is 5.01. The van der Waals surface area contributed by atoms with Crippen LogP contribution in [0.3, 0.4) is 0 Å². The number of unbranched alkanes of at least 4 members (excludes halogenated alkanes) is 9. The van der Waals surface area contributed by atoms with Gasteiger partial charge in [-0.2, -0.15) is 0 Å². The van der Waals surface area contributed by atoms with E-state index in [1.807, 2.05) is 0 Å². The zero-order chi connectivity index (χ0) is 16.3. The first-order chi connectivity index (χ1) is 11.3. The molecule has 0 radical (unpaired) electrons. The molecule has 0 saturated heterocycles. The van der Waals surface area contributed by atoms with Gasteiger partial charge >= 0.3 is 0 Å². The number of benzene rings is 1. The van der Waals surface area contributed by atoms with Crippen LogP contribution in [0.1, 0.15) is 78.1 Å². The Morgan fingerprint density at radius 2 is 1.35 bits per heavy atom. The summed E-state index contributed by atoms with van der Waals surface area (Å²) in [5, 5.41) is 2.76. The number of rotatable bonds is 11. The van der Waals surface area contributed by atoms with E-state index < -0.39 is 0 Å². The average molecular weight is 314 g/mol. The van der Waals surface area contributed by atoms with Crippen LogP contribution in [0.25, 0.3) is 12.3 Å². The fraction of sp³-hybridized carbons (Fsp3) is 0.636. The summed E-state index contributed by atoms with van der Waals surface area (Å²) in [5.74, 6) is 0. The van der Waals surface area contributed by atoms with Crippen LogP contribution in [0.4, 0.5) is 0 Å². The molecular weight excluding hydrogens is 278 g/mol. The van der Waals surface area contributed by atoms with Crippen LogP contribution in [-0.2, 0) is 0 Å². The van der Waals surface area contributed by atoms with Crippen molar-refractivity contribution < 1.29 is 0 Å². The largest absolute Gasteiger partial charge is 0.371 e. The van der Waals surface area contributed by atoms with Gasteiger partial charge < -0.3 is 4.90 Å². The fourth-order valence-electron chi connectivity index (χ4n) is 3.48. The molecule has 1 heteroatoms. The predicted octanol–water partition coefficient (Wildman–Crippen LogP) is 4.83. The first-order valence-electron chi connectivity index (χ1n) is 9.86. The van der Waals surface area contributed by atoms with Gasteiger partial charge in [0.25, 0.3) is 0 Å². The van der Waals surface area contributed by atoms with Gasteiger partial charge in [0.05, 0.1) is 0 Å². The summed E-state index contributed by atoms with van der Waals surface area (Å²) in [6, 6.07) is 9.25. The molecule has 1 aliphatic rings. The zero-order valence-electron chi connectivity index (χ0n) is 15.3. The molecule has 0 amide bonds. The van der Waals surface area contributed by atoms with Gasteiger partial charge in [-0.25, -0.2) is 0 Å². The summed E-state index contributed by atoms with van der Waals surface area (Å²) < 4.78 is 0. The lowest BCUT2D eigenvalue weighted by molar-refractivity contribution is 0.364. The predicted molar refractivity (Wildman–Crippen MR) is 103 cm³/mol. The van der Waals surface area contributed by atoms with Crippen molar-refractivity contribution in [1.29, 1.82) is 0 Å². The second-order valence-electron chi connectivity index (χ2n) is 7.09. The van der Waals surface area contributed by atoms with Gasteiger partial charge in [0, 0.05) is 18.8 Å². The Kier molecular flexibility index (Phi) is 8.28. The van der Waals surface area contributed by atoms with E-state index >= 15 is 0 Å². The highest BCUT2D eigenvalue weighted by Gasteiger charge is 2.10. The highest BCUT2D eigenvalue weighted by molar-refractivity contribution is 5.41. The van der Waals surface area contributed by atoms with Crippen molar-refractivity contribution in [2.24, 2.45) is 0 Å². The third kappa shape index (κ3) is 6.41. The molecule has 1 heterocycles. The standard InChI is InChI=1S/C22H35N/c1-3-4-5-6-7-8-9-10-11-14-17-23-19-22-16-13-12-15-21(22)18-20(23)2/h12-13,15-16,18-20H,3-11,14,17H2,1-2H3. The van der Waals surface area contributed by atoms with E-state index in [1.54, 1.807) is 0 Å². The van der Waals surface area contributed by atoms with Crippen molar-refractivity contribution in [3.8, 4) is 0 Å². The molecule has 1 nitrogen and oxygen atoms in total. The van der Waals surface area contributed by atoms with Gasteiger partial charge in [-0.3, -0.25) is 0 Å². The molecule has 0 fully saturated rings. The molecule has 1 aromatic carbocycles. The Labute approximate surface area is 143 Å². The molecule has 0 saturated carbocycles. The molecular formula is C22H35N. The van der Waals surface area contributed by atoms with Gasteiger partial charge in [-0.15, -0.1) is 0 Å². The van der Waals surface area contributed by atoms with Crippen LogP contribution < -0.4 is 10.4 Å². The van der Waals surface area contributed by atoms with Gasteiger partial charge in [0.2, 0.25) is 0 Å². The molecule has 0 N–H and O–H groups in total. The molecule has 0 aromatic heterocycles. The lowest BCUT2D eigenvalue weighted by Crippen LogP contribution is -2.40. The topological polar surface area (TPSA) is 3.24 Å². The van der Waals surface area contributed by atoms with Crippen molar-refractivity contribution in [3.63, 3.8) is 0 Å². The van der Waals surface area contributed by atoms with E-state index in [4.69, 9.17) is 0 Å². The van der Waals surface area contributed by atoms with Gasteiger partial charge in [0.15, 0.2) is 0 Å². The minimum absolute atomic E-state index is 0.531. The van der Waals surface area contributed by atoms with Crippen LogP contribution in [0, 0.1) is 0 Å². The maximum atomic E-state index is 2.51. The van der Waals surface area contributed by atoms with Crippen molar-refractivity contribution in [1.82, 2.24) is 4.90 Å². The van der Waals surface area contributed by atoms with E-state index in [2.05, 4.69) is 55.3 Å². The SMILES string of the molecule is CCCCCCCCCCCCN1C=c2ccccc2=CC1C. The molecule has 0 aliphatic carbocycles. The van der Waals surface area contributed by atoms with E-state index in [-0.39, 0.29) is 0 Å². The summed E-state index contributed by atoms with van der Waals surface area (Å²) in [5.41, 5.74) is 0. The minimum Gasteiger partial charge on any atom is -0.371 e. The van der Waals surface area contributed by atoms with E-state index in [1.165, 1.54) is 81.2 Å². The second kappa shape index (κ2) is 10.5. The quantitative estimate of drug-likeness (QED) is 0.529. The first-order valence-corrected chi connectivity index (χ1v) is 9.86. The van der Waals surface area contributed by atoms with Gasteiger partial charge in [-0.05, 0) is 23.8 Å². The van der Waals surface area contributed by atoms with Crippen molar-refractivity contribution in [3.05, 3.63) is 34.7 Å². The van der Waals surface area contributed by atoms with Crippen LogP contribution >= 0.6 is 0 Å². The molecule has 0 bridgehead atoms. The Bertz CT molecular complexity index is 545. The number of fused-ring (bicyclic) bond motifs is 1. The van der Waals surface area contributed by atoms with Crippen molar-refractivity contribution >= 4 is 12.3 Å². The van der Waals surface area contributed by atoms with E-state index in [0.29, 0.717) is 6.04 Å². The van der Waals surface area contributed by atoms with Crippen LogP contribution in [0.15, 0.2) is 24.3 Å². The minimum atomic E-state index is 0.531. The van der Waals surface area contributed by atoms with Gasteiger partial charge in [0.1, 0.15) is 0 Å². The van der Waals surface area contributed by atoms with Crippen molar-refractivity contribution in [2.75, 3.05) is 6.54 Å². The first kappa shape index (κ1) is 18.1. The second-order valence-corrected chi connectivity index (χ2v) is 7.09. The monoisotopic (exact) mass is 313 g/mol. The third-order valence-corrected chi connectivity index (χ3v) is 5.01. The normalized spacial score (nSPS) is 16.6. The molecule has 1 aromatic rings. The van der Waals surface area contributed by atoms with Crippen LogP contribution in [-0.4, -0.2) is 17.5 Å². The molecule has 1 aliphatic heterocycles. The van der Waals surface area contributed by atoms with Crippen LogP contribution in [0.5, 0.6) is 0 Å². The highest BCUT2D eigenvalue weighted by Crippen LogP contribution is 2.12. The molecule has 0 spiro atoms. The Morgan fingerprint density at radius 3 is 2.00 bits per heavy atom. The van der Waals surface area contributed by atoms with E-state index in [0.717, 1.165) is 0 Å². The average Bonchev–Trinajstić information content (AvgIpc) is 2.57. The summed E-state index contributed by atoms with van der Waals surface area (Å²) in [4.78, 5) is 2.51. The Hall–Kier alpha value is -1.24. The molecule has 23 heavy (non-hydrogen) atoms. The Balaban J connectivity index is 1.58. The number of hydrogen-bond acceptors (Lipinski definition) is 1. The summed E-state index contributed by atoms with van der Waals surface area (Å²) in [6.45, 7) is 5.79. The van der Waals surface area contributed by atoms with Crippen molar-refractivity contribution in [2.45, 2.75) is 84.1 Å². The zero-order valence-corrected chi connectivity index (χ0v) is 15.3. The maximum Gasteiger partial charge on any atom is 0.0448 e. The molecule has 1 atom stereocenters. The summed E-state index contributed by atoms with van der Waals surface area (Å²) in [7, 11) is 0. The highest BCUT2D eigenvalue weighted by atomic mass is 15.1. The number of nitrogens with zero attached hydrogens (tertiary/aromatic N) is 1. The Morgan fingerprint density at radius 1 is 0.783 bits per heavy atom. The summed E-state index contributed by atoms with van der Waals surface area (Å²) >= 11 is 0. The number of hydrogen-bond donors (Lipinski definition) is 0. The smallest absolute Gasteiger partial charge is 0.0448 e. The molecule has 2 rings (SSSR count). The fourth-order valence-corrected chi connectivity index (χ4v) is 3.48. The molecule has 128 valence electrons.